The van der Waals surface area contributed by atoms with Crippen LogP contribution in [0.25, 0.3) is 11.1 Å². The number of nitrogens with zero attached hydrogens (tertiary/aromatic N) is 1. The van der Waals surface area contributed by atoms with Crippen LogP contribution in [0, 0.1) is 17.1 Å². The first kappa shape index (κ1) is 12.9. The summed E-state index contributed by atoms with van der Waals surface area (Å²) in [6, 6.07) is 11.6. The topological polar surface area (TPSA) is 23.8 Å². The molecule has 0 spiro atoms. The van der Waals surface area contributed by atoms with Gasteiger partial charge in [-0.2, -0.15) is 5.26 Å². The molecule has 0 unspecified atom stereocenters. The Hall–Kier alpha value is -1.56. The molecule has 0 heterocycles. The van der Waals surface area contributed by atoms with Crippen LogP contribution in [-0.2, 0) is 6.42 Å². The number of nitriles is 1. The molecule has 0 aliphatic heterocycles. The van der Waals surface area contributed by atoms with Crippen LogP contribution >= 0.6 is 23.2 Å². The highest BCUT2D eigenvalue weighted by molar-refractivity contribution is 6.39. The third-order valence-electron chi connectivity index (χ3n) is 2.58. The Balaban J connectivity index is 2.75. The average molecular weight is 280 g/mol. The minimum Gasteiger partial charge on any atom is -0.206 e. The predicted octanol–water partition coefficient (Wildman–Crippen LogP) is 4.87. The van der Waals surface area contributed by atoms with Crippen molar-refractivity contribution in [1.29, 1.82) is 5.26 Å². The van der Waals surface area contributed by atoms with Gasteiger partial charge in [0.1, 0.15) is 5.82 Å². The average Bonchev–Trinajstić information content (AvgIpc) is 2.32. The Morgan fingerprint density at radius 3 is 2.22 bits per heavy atom. The van der Waals surface area contributed by atoms with Gasteiger partial charge in [0.25, 0.3) is 0 Å². The highest BCUT2D eigenvalue weighted by atomic mass is 35.5. The Morgan fingerprint density at radius 2 is 1.61 bits per heavy atom. The lowest BCUT2D eigenvalue weighted by molar-refractivity contribution is 0.630. The predicted molar refractivity (Wildman–Crippen MR) is 71.2 cm³/mol. The van der Waals surface area contributed by atoms with Crippen molar-refractivity contribution in [2.45, 2.75) is 6.42 Å². The van der Waals surface area contributed by atoms with Crippen LogP contribution in [0.4, 0.5) is 4.39 Å². The molecule has 0 fully saturated rings. The van der Waals surface area contributed by atoms with Crippen LogP contribution in [0.2, 0.25) is 10.0 Å². The van der Waals surface area contributed by atoms with Crippen molar-refractivity contribution in [1.82, 2.24) is 0 Å². The summed E-state index contributed by atoms with van der Waals surface area (Å²) in [5, 5.41) is 9.52. The minimum atomic E-state index is -0.433. The molecule has 0 aliphatic rings. The van der Waals surface area contributed by atoms with Crippen LogP contribution in [0.15, 0.2) is 36.4 Å². The molecule has 4 heteroatoms. The first-order chi connectivity index (χ1) is 8.65. The van der Waals surface area contributed by atoms with Crippen molar-refractivity contribution in [3.05, 3.63) is 57.8 Å². The first-order valence-electron chi connectivity index (χ1n) is 5.24. The summed E-state index contributed by atoms with van der Waals surface area (Å²) < 4.78 is 14.0. The summed E-state index contributed by atoms with van der Waals surface area (Å²) in [5.74, 6) is -0.433. The standard InChI is InChI=1S/C14H8Cl2FN/c15-10-4-2-5-11(16)14(10)13-9(7-8-18)3-1-6-12(13)17/h1-6H,7H2. The van der Waals surface area contributed by atoms with Crippen molar-refractivity contribution < 1.29 is 4.39 Å². The van der Waals surface area contributed by atoms with Crippen LogP contribution in [0.3, 0.4) is 0 Å². The highest BCUT2D eigenvalue weighted by Gasteiger charge is 2.16. The first-order valence-corrected chi connectivity index (χ1v) is 5.99. The zero-order chi connectivity index (χ0) is 13.1. The molecule has 2 aromatic rings. The van der Waals surface area contributed by atoms with Crippen LogP contribution in [0.5, 0.6) is 0 Å². The van der Waals surface area contributed by atoms with E-state index in [4.69, 9.17) is 28.5 Å². The van der Waals surface area contributed by atoms with Crippen molar-refractivity contribution >= 4 is 23.2 Å². The lowest BCUT2D eigenvalue weighted by Gasteiger charge is -2.12. The van der Waals surface area contributed by atoms with Crippen molar-refractivity contribution in [3.63, 3.8) is 0 Å². The van der Waals surface area contributed by atoms with Gasteiger partial charge in [-0.15, -0.1) is 0 Å². The van der Waals surface area contributed by atoms with Crippen LogP contribution < -0.4 is 0 Å². The normalized spacial score (nSPS) is 10.1. The van der Waals surface area contributed by atoms with E-state index >= 15 is 0 Å². The molecule has 90 valence electrons. The van der Waals surface area contributed by atoms with Crippen molar-refractivity contribution in [2.24, 2.45) is 0 Å². The second kappa shape index (κ2) is 5.39. The summed E-state index contributed by atoms with van der Waals surface area (Å²) >= 11 is 12.1. The summed E-state index contributed by atoms with van der Waals surface area (Å²) in [7, 11) is 0. The molecule has 18 heavy (non-hydrogen) atoms. The Morgan fingerprint density at radius 1 is 1.00 bits per heavy atom. The summed E-state index contributed by atoms with van der Waals surface area (Å²) in [6.07, 6.45) is 0.106. The van der Waals surface area contributed by atoms with Gasteiger partial charge in [0, 0.05) is 11.1 Å². The zero-order valence-corrected chi connectivity index (χ0v) is 10.8. The molecule has 0 N–H and O–H groups in total. The van der Waals surface area contributed by atoms with Crippen LogP contribution in [0.1, 0.15) is 5.56 Å². The van der Waals surface area contributed by atoms with Gasteiger partial charge in [-0.1, -0.05) is 41.4 Å². The van der Waals surface area contributed by atoms with E-state index in [1.807, 2.05) is 6.07 Å². The maximum Gasteiger partial charge on any atom is 0.131 e. The number of hydrogen-bond donors (Lipinski definition) is 0. The molecule has 0 saturated heterocycles. The lowest BCUT2D eigenvalue weighted by Crippen LogP contribution is -1.94. The third-order valence-corrected chi connectivity index (χ3v) is 3.21. The lowest BCUT2D eigenvalue weighted by atomic mass is 9.97. The molecule has 1 nitrogen and oxygen atoms in total. The van der Waals surface area contributed by atoms with Gasteiger partial charge >= 0.3 is 0 Å². The third kappa shape index (κ3) is 2.33. The smallest absolute Gasteiger partial charge is 0.131 e. The Labute approximate surface area is 114 Å². The fourth-order valence-electron chi connectivity index (χ4n) is 1.82. The van der Waals surface area contributed by atoms with Crippen LogP contribution in [-0.4, -0.2) is 0 Å². The molecule has 0 radical (unpaired) electrons. The second-order valence-corrected chi connectivity index (χ2v) is 4.52. The summed E-state index contributed by atoms with van der Waals surface area (Å²) in [5.41, 5.74) is 1.31. The van der Waals surface area contributed by atoms with Gasteiger partial charge in [-0.05, 0) is 23.8 Å². The van der Waals surface area contributed by atoms with Gasteiger partial charge < -0.3 is 0 Å². The van der Waals surface area contributed by atoms with E-state index in [2.05, 4.69) is 0 Å². The van der Waals surface area contributed by atoms with Gasteiger partial charge in [0.15, 0.2) is 0 Å². The van der Waals surface area contributed by atoms with E-state index in [1.54, 1.807) is 30.3 Å². The zero-order valence-electron chi connectivity index (χ0n) is 9.25. The van der Waals surface area contributed by atoms with Gasteiger partial charge in [-0.25, -0.2) is 4.39 Å². The number of halogens is 3. The molecule has 0 aliphatic carbocycles. The maximum atomic E-state index is 14.0. The summed E-state index contributed by atoms with van der Waals surface area (Å²) in [6.45, 7) is 0. The largest absolute Gasteiger partial charge is 0.206 e. The molecular weight excluding hydrogens is 272 g/mol. The van der Waals surface area contributed by atoms with Crippen molar-refractivity contribution in [2.75, 3.05) is 0 Å². The SMILES string of the molecule is N#CCc1cccc(F)c1-c1c(Cl)cccc1Cl. The Kier molecular flexibility index (Phi) is 3.86. The number of benzene rings is 2. The number of rotatable bonds is 2. The molecular formula is C14H8Cl2FN. The molecule has 0 atom stereocenters. The van der Waals surface area contributed by atoms with Gasteiger partial charge in [0.05, 0.1) is 22.5 Å². The quantitative estimate of drug-likeness (QED) is 0.770. The number of hydrogen-bond acceptors (Lipinski definition) is 1. The Bertz CT molecular complexity index is 612. The molecule has 0 saturated carbocycles. The molecule has 0 bridgehead atoms. The van der Waals surface area contributed by atoms with Gasteiger partial charge in [-0.3, -0.25) is 0 Å². The van der Waals surface area contributed by atoms with E-state index in [0.717, 1.165) is 0 Å². The van der Waals surface area contributed by atoms with Gasteiger partial charge in [0.2, 0.25) is 0 Å². The maximum absolute atomic E-state index is 14.0. The second-order valence-electron chi connectivity index (χ2n) is 3.71. The molecule has 2 rings (SSSR count). The molecule has 0 amide bonds. The minimum absolute atomic E-state index is 0.106. The fourth-order valence-corrected chi connectivity index (χ4v) is 2.40. The molecule has 0 aromatic heterocycles. The monoisotopic (exact) mass is 279 g/mol. The van der Waals surface area contributed by atoms with Crippen molar-refractivity contribution in [3.8, 4) is 17.2 Å². The molecule has 2 aromatic carbocycles. The fraction of sp³-hybridized carbons (Fsp3) is 0.0714. The van der Waals surface area contributed by atoms with E-state index < -0.39 is 5.82 Å². The van der Waals surface area contributed by atoms with E-state index in [1.165, 1.54) is 6.07 Å². The van der Waals surface area contributed by atoms with E-state index in [-0.39, 0.29) is 6.42 Å². The van der Waals surface area contributed by atoms with E-state index in [0.29, 0.717) is 26.7 Å². The highest BCUT2D eigenvalue weighted by Crippen LogP contribution is 2.38. The summed E-state index contributed by atoms with van der Waals surface area (Å²) in [4.78, 5) is 0. The van der Waals surface area contributed by atoms with E-state index in [9.17, 15) is 4.39 Å².